The zero-order chi connectivity index (χ0) is 22.9. The number of benzene rings is 2. The summed E-state index contributed by atoms with van der Waals surface area (Å²) < 4.78 is 2.08. The molecule has 2 aromatic carbocycles. The Hall–Kier alpha value is -2.39. The van der Waals surface area contributed by atoms with E-state index in [4.69, 9.17) is 4.99 Å². The van der Waals surface area contributed by atoms with Crippen LogP contribution in [0.15, 0.2) is 78.3 Å². The van der Waals surface area contributed by atoms with E-state index >= 15 is 0 Å². The summed E-state index contributed by atoms with van der Waals surface area (Å²) in [6.07, 6.45) is 7.91. The standard InChI is InChI=1S/C27H36N6.HI/c1-3-29-27(30-18-24-10-7-11-25(17-24)19-32-15-13-28-21-32)31-26-12-14-33(22(2)16-26)20-23-8-5-4-6-9-23;/h4-11,13,15,17,21-22,26H,3,12,14,16,18-20H2,1-2H3,(H2,29,30,31);1H. The Morgan fingerprint density at radius 2 is 1.85 bits per heavy atom. The van der Waals surface area contributed by atoms with E-state index in [9.17, 15) is 0 Å². The van der Waals surface area contributed by atoms with Crippen LogP contribution in [0, 0.1) is 0 Å². The van der Waals surface area contributed by atoms with Gasteiger partial charge in [0.25, 0.3) is 0 Å². The molecule has 2 atom stereocenters. The maximum atomic E-state index is 4.89. The Morgan fingerprint density at radius 3 is 2.59 bits per heavy atom. The van der Waals surface area contributed by atoms with Crippen LogP contribution in [0.1, 0.15) is 43.4 Å². The topological polar surface area (TPSA) is 57.5 Å². The van der Waals surface area contributed by atoms with Gasteiger partial charge in [-0.05, 0) is 43.4 Å². The van der Waals surface area contributed by atoms with Crippen LogP contribution < -0.4 is 10.6 Å². The minimum absolute atomic E-state index is 0. The molecule has 7 heteroatoms. The van der Waals surface area contributed by atoms with Crippen LogP contribution >= 0.6 is 24.0 Å². The number of nitrogens with one attached hydrogen (secondary N) is 2. The van der Waals surface area contributed by atoms with E-state index in [0.29, 0.717) is 18.6 Å². The van der Waals surface area contributed by atoms with E-state index in [-0.39, 0.29) is 24.0 Å². The lowest BCUT2D eigenvalue weighted by atomic mass is 9.97. The van der Waals surface area contributed by atoms with Crippen molar-refractivity contribution in [2.45, 2.75) is 58.4 Å². The van der Waals surface area contributed by atoms with Gasteiger partial charge in [-0.2, -0.15) is 0 Å². The van der Waals surface area contributed by atoms with Crippen LogP contribution in [-0.2, 0) is 19.6 Å². The van der Waals surface area contributed by atoms with Gasteiger partial charge in [0.1, 0.15) is 0 Å². The zero-order valence-electron chi connectivity index (χ0n) is 20.2. The molecule has 4 rings (SSSR count). The number of aromatic nitrogens is 2. The van der Waals surface area contributed by atoms with Crippen LogP contribution in [0.2, 0.25) is 0 Å². The summed E-state index contributed by atoms with van der Waals surface area (Å²) >= 11 is 0. The highest BCUT2D eigenvalue weighted by atomic mass is 127. The Bertz CT molecular complexity index is 1000. The Balaban J connectivity index is 0.00000324. The molecule has 0 amide bonds. The van der Waals surface area contributed by atoms with Crippen LogP contribution in [0.25, 0.3) is 0 Å². The normalized spacial score (nSPS) is 18.8. The van der Waals surface area contributed by atoms with E-state index in [2.05, 4.69) is 93.5 Å². The number of piperidine rings is 1. The molecule has 1 aliphatic rings. The maximum absolute atomic E-state index is 4.89. The molecule has 1 saturated heterocycles. The van der Waals surface area contributed by atoms with Crippen molar-refractivity contribution in [3.8, 4) is 0 Å². The largest absolute Gasteiger partial charge is 0.357 e. The monoisotopic (exact) mass is 572 g/mol. The fourth-order valence-corrected chi connectivity index (χ4v) is 4.51. The number of imidazole rings is 1. The summed E-state index contributed by atoms with van der Waals surface area (Å²) in [5.41, 5.74) is 3.87. The number of hydrogen-bond donors (Lipinski definition) is 2. The van der Waals surface area contributed by atoms with Gasteiger partial charge in [0.15, 0.2) is 5.96 Å². The number of aliphatic imine (C=N–C) groups is 1. The van der Waals surface area contributed by atoms with Crippen molar-refractivity contribution in [1.82, 2.24) is 25.1 Å². The van der Waals surface area contributed by atoms with E-state index in [0.717, 1.165) is 45.0 Å². The molecular weight excluding hydrogens is 535 g/mol. The molecule has 2 heterocycles. The average molecular weight is 573 g/mol. The molecular formula is C27H37IN6. The first kappa shape index (κ1) is 26.2. The molecule has 1 fully saturated rings. The molecule has 2 unspecified atom stereocenters. The van der Waals surface area contributed by atoms with E-state index < -0.39 is 0 Å². The third-order valence-electron chi connectivity index (χ3n) is 6.26. The summed E-state index contributed by atoms with van der Waals surface area (Å²) in [5, 5.41) is 7.12. The first-order valence-corrected chi connectivity index (χ1v) is 12.1. The van der Waals surface area contributed by atoms with Gasteiger partial charge < -0.3 is 15.2 Å². The molecule has 0 radical (unpaired) electrons. The van der Waals surface area contributed by atoms with Crippen LogP contribution in [0.3, 0.4) is 0 Å². The number of hydrogen-bond acceptors (Lipinski definition) is 3. The molecule has 34 heavy (non-hydrogen) atoms. The maximum Gasteiger partial charge on any atom is 0.191 e. The minimum atomic E-state index is 0. The summed E-state index contributed by atoms with van der Waals surface area (Å²) in [4.78, 5) is 11.6. The molecule has 6 nitrogen and oxygen atoms in total. The summed E-state index contributed by atoms with van der Waals surface area (Å²) in [5.74, 6) is 0.909. The van der Waals surface area contributed by atoms with Gasteiger partial charge in [0.05, 0.1) is 12.9 Å². The third-order valence-corrected chi connectivity index (χ3v) is 6.26. The highest BCUT2D eigenvalue weighted by molar-refractivity contribution is 14.0. The Morgan fingerprint density at radius 1 is 1.06 bits per heavy atom. The predicted molar refractivity (Wildman–Crippen MR) is 150 cm³/mol. The molecule has 3 aromatic rings. The highest BCUT2D eigenvalue weighted by Crippen LogP contribution is 2.20. The van der Waals surface area contributed by atoms with Gasteiger partial charge in [-0.1, -0.05) is 54.6 Å². The lowest BCUT2D eigenvalue weighted by molar-refractivity contribution is 0.134. The van der Waals surface area contributed by atoms with Gasteiger partial charge >= 0.3 is 0 Å². The Kier molecular flexibility index (Phi) is 10.4. The van der Waals surface area contributed by atoms with Gasteiger partial charge in [-0.15, -0.1) is 24.0 Å². The van der Waals surface area contributed by atoms with Gasteiger partial charge in [-0.25, -0.2) is 9.98 Å². The quantitative estimate of drug-likeness (QED) is 0.234. The van der Waals surface area contributed by atoms with E-state index in [1.165, 1.54) is 16.7 Å². The fourth-order valence-electron chi connectivity index (χ4n) is 4.51. The van der Waals surface area contributed by atoms with Crippen molar-refractivity contribution in [2.24, 2.45) is 4.99 Å². The third kappa shape index (κ3) is 7.84. The molecule has 1 aromatic heterocycles. The number of halogens is 1. The average Bonchev–Trinajstić information content (AvgIpc) is 3.33. The van der Waals surface area contributed by atoms with E-state index in [1.54, 1.807) is 0 Å². The van der Waals surface area contributed by atoms with Crippen molar-refractivity contribution in [1.29, 1.82) is 0 Å². The second kappa shape index (κ2) is 13.5. The summed E-state index contributed by atoms with van der Waals surface area (Å²) in [6, 6.07) is 20.4. The minimum Gasteiger partial charge on any atom is -0.357 e. The van der Waals surface area contributed by atoms with Gasteiger partial charge in [-0.3, -0.25) is 4.90 Å². The lowest BCUT2D eigenvalue weighted by Crippen LogP contribution is -2.51. The molecule has 0 bridgehead atoms. The van der Waals surface area contributed by atoms with Crippen molar-refractivity contribution in [3.05, 3.63) is 90.0 Å². The summed E-state index contributed by atoms with van der Waals surface area (Å²) in [7, 11) is 0. The van der Waals surface area contributed by atoms with Crippen molar-refractivity contribution >= 4 is 29.9 Å². The molecule has 2 N–H and O–H groups in total. The first-order valence-electron chi connectivity index (χ1n) is 12.1. The number of guanidine groups is 1. The van der Waals surface area contributed by atoms with Crippen molar-refractivity contribution < 1.29 is 0 Å². The molecule has 0 spiro atoms. The number of rotatable bonds is 8. The SMILES string of the molecule is CCNC(=NCc1cccc(Cn2ccnc2)c1)NC1CCN(Cc2ccccc2)C(C)C1.I. The van der Waals surface area contributed by atoms with Crippen molar-refractivity contribution in [2.75, 3.05) is 13.1 Å². The lowest BCUT2D eigenvalue weighted by Gasteiger charge is -2.38. The second-order valence-electron chi connectivity index (χ2n) is 8.92. The highest BCUT2D eigenvalue weighted by Gasteiger charge is 2.25. The fraction of sp³-hybridized carbons (Fsp3) is 0.407. The second-order valence-corrected chi connectivity index (χ2v) is 8.92. The first-order chi connectivity index (χ1) is 16.2. The molecule has 0 aliphatic carbocycles. The van der Waals surface area contributed by atoms with Gasteiger partial charge in [0.2, 0.25) is 0 Å². The van der Waals surface area contributed by atoms with Crippen LogP contribution in [0.4, 0.5) is 0 Å². The zero-order valence-corrected chi connectivity index (χ0v) is 22.6. The summed E-state index contributed by atoms with van der Waals surface area (Å²) in [6.45, 7) is 8.93. The molecule has 182 valence electrons. The number of nitrogens with zero attached hydrogens (tertiary/aromatic N) is 4. The molecule has 1 aliphatic heterocycles. The molecule has 0 saturated carbocycles. The predicted octanol–water partition coefficient (Wildman–Crippen LogP) is 4.66. The van der Waals surface area contributed by atoms with Crippen LogP contribution in [0.5, 0.6) is 0 Å². The number of likely N-dealkylation sites (tertiary alicyclic amines) is 1. The Labute approximate surface area is 220 Å². The van der Waals surface area contributed by atoms with Crippen molar-refractivity contribution in [3.63, 3.8) is 0 Å². The van der Waals surface area contributed by atoms with Gasteiger partial charge in [0, 0.05) is 50.7 Å². The smallest absolute Gasteiger partial charge is 0.191 e. The van der Waals surface area contributed by atoms with E-state index in [1.807, 2.05) is 18.7 Å². The van der Waals surface area contributed by atoms with Crippen LogP contribution in [-0.4, -0.2) is 45.6 Å².